The molecule has 0 N–H and O–H groups in total. The van der Waals surface area contributed by atoms with Gasteiger partial charge in [0.05, 0.1) is 22.8 Å². The van der Waals surface area contributed by atoms with Gasteiger partial charge in [0.25, 0.3) is 0 Å². The molecule has 0 aliphatic heterocycles. The van der Waals surface area contributed by atoms with Gasteiger partial charge in [0.2, 0.25) is 5.91 Å². The van der Waals surface area contributed by atoms with Crippen molar-refractivity contribution in [2.45, 2.75) is 85.7 Å². The molecule has 0 fully saturated rings. The summed E-state index contributed by atoms with van der Waals surface area (Å²) in [5.41, 5.74) is 4.76. The third-order valence-electron chi connectivity index (χ3n) is 7.82. The van der Waals surface area contributed by atoms with E-state index >= 15 is 0 Å². The van der Waals surface area contributed by atoms with E-state index in [1.165, 1.54) is 21.6 Å². The molecular formula is C36H48N4OS2. The fraction of sp³-hybridized carbons (Fsp3) is 0.472. The maximum atomic E-state index is 13.2. The van der Waals surface area contributed by atoms with Crippen molar-refractivity contribution in [1.29, 1.82) is 0 Å². The van der Waals surface area contributed by atoms with E-state index in [4.69, 9.17) is 4.98 Å². The number of amides is 1. The van der Waals surface area contributed by atoms with Gasteiger partial charge < -0.3 is 4.90 Å². The van der Waals surface area contributed by atoms with Gasteiger partial charge >= 0.3 is 0 Å². The maximum absolute atomic E-state index is 13.2. The Bertz CT molecular complexity index is 1390. The summed E-state index contributed by atoms with van der Waals surface area (Å²) in [5.74, 6) is 0.767. The predicted molar refractivity (Wildman–Crippen MR) is 184 cm³/mol. The number of thiazole rings is 2. The zero-order valence-corrected chi connectivity index (χ0v) is 28.3. The first-order chi connectivity index (χ1) is 20.9. The molecule has 0 bridgehead atoms. The lowest BCUT2D eigenvalue weighted by Crippen LogP contribution is -2.32. The SMILES string of the molecule is CCCC(CCC)CC(=O)N(CCC)Cc1ncc(-c2ccc(-c3ccc(-c4cnc(CN(C)CCC)s4)cc3)cc2)s1. The fourth-order valence-corrected chi connectivity index (χ4v) is 7.59. The minimum absolute atomic E-state index is 0.274. The van der Waals surface area contributed by atoms with Crippen molar-refractivity contribution in [3.63, 3.8) is 0 Å². The molecule has 4 aromatic rings. The minimum atomic E-state index is 0.274. The highest BCUT2D eigenvalue weighted by atomic mass is 32.1. The number of hydrogen-bond acceptors (Lipinski definition) is 6. The van der Waals surface area contributed by atoms with E-state index < -0.39 is 0 Å². The molecule has 0 unspecified atom stereocenters. The van der Waals surface area contributed by atoms with Crippen molar-refractivity contribution >= 4 is 28.6 Å². The van der Waals surface area contributed by atoms with Gasteiger partial charge in [-0.25, -0.2) is 9.97 Å². The first kappa shape index (κ1) is 33.0. The molecule has 0 radical (unpaired) electrons. The number of carbonyl (C=O) groups excluding carboxylic acids is 1. The van der Waals surface area contributed by atoms with E-state index in [9.17, 15) is 4.79 Å². The van der Waals surface area contributed by atoms with Gasteiger partial charge in [0.15, 0.2) is 0 Å². The Morgan fingerprint density at radius 3 is 1.60 bits per heavy atom. The Hall–Kier alpha value is -2.87. The molecule has 4 rings (SSSR count). The average molecular weight is 617 g/mol. The van der Waals surface area contributed by atoms with Crippen molar-refractivity contribution < 1.29 is 4.79 Å². The predicted octanol–water partition coefficient (Wildman–Crippen LogP) is 9.79. The highest BCUT2D eigenvalue weighted by Gasteiger charge is 2.20. The van der Waals surface area contributed by atoms with Crippen LogP contribution in [0.1, 0.15) is 82.7 Å². The Labute approximate surface area is 267 Å². The molecule has 230 valence electrons. The van der Waals surface area contributed by atoms with Crippen LogP contribution in [-0.2, 0) is 17.9 Å². The molecule has 7 heteroatoms. The fourth-order valence-electron chi connectivity index (χ4n) is 5.65. The Morgan fingerprint density at radius 2 is 1.14 bits per heavy atom. The first-order valence-electron chi connectivity index (χ1n) is 16.0. The van der Waals surface area contributed by atoms with Crippen LogP contribution in [0.3, 0.4) is 0 Å². The summed E-state index contributed by atoms with van der Waals surface area (Å²) < 4.78 is 0. The highest BCUT2D eigenvalue weighted by molar-refractivity contribution is 7.15. The lowest BCUT2D eigenvalue weighted by atomic mass is 9.94. The highest BCUT2D eigenvalue weighted by Crippen LogP contribution is 2.32. The third kappa shape index (κ3) is 9.56. The van der Waals surface area contributed by atoms with E-state index in [2.05, 4.69) is 93.2 Å². The summed E-state index contributed by atoms with van der Waals surface area (Å²) in [6.07, 6.45) is 11.3. The lowest BCUT2D eigenvalue weighted by molar-refractivity contribution is -0.133. The average Bonchev–Trinajstić information content (AvgIpc) is 3.67. The third-order valence-corrected chi connectivity index (χ3v) is 9.88. The van der Waals surface area contributed by atoms with Crippen LogP contribution < -0.4 is 0 Å². The van der Waals surface area contributed by atoms with Gasteiger partial charge in [0.1, 0.15) is 10.0 Å². The van der Waals surface area contributed by atoms with E-state index in [0.29, 0.717) is 18.9 Å². The lowest BCUT2D eigenvalue weighted by Gasteiger charge is -2.24. The van der Waals surface area contributed by atoms with Crippen LogP contribution in [0.25, 0.3) is 32.0 Å². The molecule has 0 spiro atoms. The summed E-state index contributed by atoms with van der Waals surface area (Å²) in [7, 11) is 2.15. The van der Waals surface area contributed by atoms with Crippen LogP contribution in [0.15, 0.2) is 60.9 Å². The van der Waals surface area contributed by atoms with Crippen LogP contribution in [0.5, 0.6) is 0 Å². The van der Waals surface area contributed by atoms with Crippen LogP contribution >= 0.6 is 22.7 Å². The summed E-state index contributed by atoms with van der Waals surface area (Å²) >= 11 is 3.47. The molecule has 2 heterocycles. The van der Waals surface area contributed by atoms with Gasteiger partial charge in [-0.15, -0.1) is 22.7 Å². The summed E-state index contributed by atoms with van der Waals surface area (Å²) in [4.78, 5) is 29.3. The van der Waals surface area contributed by atoms with E-state index in [0.717, 1.165) is 78.6 Å². The van der Waals surface area contributed by atoms with Crippen molar-refractivity contribution in [3.05, 3.63) is 70.9 Å². The van der Waals surface area contributed by atoms with Crippen LogP contribution in [0.4, 0.5) is 0 Å². The second-order valence-corrected chi connectivity index (χ2v) is 13.8. The van der Waals surface area contributed by atoms with Crippen molar-refractivity contribution in [2.75, 3.05) is 20.1 Å². The van der Waals surface area contributed by atoms with Crippen LogP contribution in [0.2, 0.25) is 0 Å². The van der Waals surface area contributed by atoms with Gasteiger partial charge in [-0.3, -0.25) is 9.69 Å². The number of nitrogens with zero attached hydrogens (tertiary/aromatic N) is 4. The molecule has 0 aliphatic rings. The van der Waals surface area contributed by atoms with E-state index in [1.807, 2.05) is 17.3 Å². The van der Waals surface area contributed by atoms with E-state index in [1.54, 1.807) is 22.7 Å². The largest absolute Gasteiger partial charge is 0.336 e. The molecule has 43 heavy (non-hydrogen) atoms. The zero-order chi connectivity index (χ0) is 30.6. The quantitative estimate of drug-likeness (QED) is 0.118. The molecule has 1 amide bonds. The van der Waals surface area contributed by atoms with Crippen molar-refractivity contribution in [2.24, 2.45) is 5.92 Å². The molecule has 0 aliphatic carbocycles. The normalized spacial score (nSPS) is 11.5. The standard InChI is InChI=1S/C36H48N4OS2/c1-6-10-27(11-7-2)22-36(41)40(21-9-4)26-35-38-24-33(43-35)31-18-14-29(15-19-31)28-12-16-30(17-13-28)32-23-37-34(42-32)25-39(5)20-8-3/h12-19,23-24,27H,6-11,20-22,25-26H2,1-5H3. The number of hydrogen-bond donors (Lipinski definition) is 0. The van der Waals surface area contributed by atoms with Gasteiger partial charge in [0, 0.05) is 25.4 Å². The summed E-state index contributed by atoms with van der Waals surface area (Å²) in [6.45, 7) is 12.1. The van der Waals surface area contributed by atoms with Gasteiger partial charge in [-0.05, 0) is 54.6 Å². The monoisotopic (exact) mass is 616 g/mol. The molecular weight excluding hydrogens is 569 g/mol. The van der Waals surface area contributed by atoms with E-state index in [-0.39, 0.29) is 5.91 Å². The Balaban J connectivity index is 1.38. The maximum Gasteiger partial charge on any atom is 0.223 e. The molecule has 0 saturated carbocycles. The topological polar surface area (TPSA) is 49.3 Å². The summed E-state index contributed by atoms with van der Waals surface area (Å²) in [5, 5.41) is 2.16. The molecule has 0 saturated heterocycles. The van der Waals surface area contributed by atoms with Crippen molar-refractivity contribution in [1.82, 2.24) is 19.8 Å². The van der Waals surface area contributed by atoms with Gasteiger partial charge in [-0.2, -0.15) is 0 Å². The van der Waals surface area contributed by atoms with Crippen molar-refractivity contribution in [3.8, 4) is 32.0 Å². The van der Waals surface area contributed by atoms with Gasteiger partial charge in [-0.1, -0.05) is 102 Å². The minimum Gasteiger partial charge on any atom is -0.336 e. The second-order valence-electron chi connectivity index (χ2n) is 11.6. The Morgan fingerprint density at radius 1 is 0.674 bits per heavy atom. The molecule has 2 aromatic carbocycles. The van der Waals surface area contributed by atoms with Crippen LogP contribution in [0, 0.1) is 5.92 Å². The van der Waals surface area contributed by atoms with Crippen LogP contribution in [-0.4, -0.2) is 45.8 Å². The number of benzene rings is 2. The molecule has 0 atom stereocenters. The smallest absolute Gasteiger partial charge is 0.223 e. The first-order valence-corrected chi connectivity index (χ1v) is 17.6. The number of carbonyl (C=O) groups is 1. The summed E-state index contributed by atoms with van der Waals surface area (Å²) in [6, 6.07) is 17.5. The second kappa shape index (κ2) is 16.8. The molecule has 5 nitrogen and oxygen atoms in total. The molecule has 2 aromatic heterocycles. The zero-order valence-electron chi connectivity index (χ0n) is 26.6. The number of rotatable bonds is 17. The number of aromatic nitrogens is 2. The Kier molecular flexibility index (Phi) is 12.9.